The lowest BCUT2D eigenvalue weighted by Gasteiger charge is -2.27. The van der Waals surface area contributed by atoms with Crippen LogP contribution in [-0.2, 0) is 0 Å². The Kier molecular flexibility index (Phi) is 3.74. The molecular weight excluding hydrogens is 240 g/mol. The molecule has 0 bridgehead atoms. The number of hydrogen-bond acceptors (Lipinski definition) is 3. The molecule has 0 radical (unpaired) electrons. The lowest BCUT2D eigenvalue weighted by atomic mass is 10.2. The van der Waals surface area contributed by atoms with E-state index >= 15 is 0 Å². The Morgan fingerprint density at radius 2 is 2.24 bits per heavy atom. The molecule has 0 N–H and O–H groups in total. The highest BCUT2D eigenvalue weighted by atomic mass is 35.5. The summed E-state index contributed by atoms with van der Waals surface area (Å²) in [7, 11) is 2.08. The van der Waals surface area contributed by atoms with Gasteiger partial charge in [-0.15, -0.1) is 0 Å². The van der Waals surface area contributed by atoms with Crippen LogP contribution in [0.1, 0.15) is 23.9 Å². The maximum Gasteiger partial charge on any atom is 0.289 e. The lowest BCUT2D eigenvalue weighted by Crippen LogP contribution is -2.41. The topological polar surface area (TPSA) is 36.7 Å². The van der Waals surface area contributed by atoms with Crippen LogP contribution >= 0.6 is 11.6 Å². The van der Waals surface area contributed by atoms with Gasteiger partial charge in [0.2, 0.25) is 0 Å². The molecule has 1 atom stereocenters. The zero-order chi connectivity index (χ0) is 12.4. The summed E-state index contributed by atoms with van der Waals surface area (Å²) in [5.74, 6) is 0.256. The van der Waals surface area contributed by atoms with Crippen LogP contribution in [0.3, 0.4) is 0 Å². The molecule has 0 aromatic carbocycles. The van der Waals surface area contributed by atoms with Crippen molar-refractivity contribution in [3.05, 3.63) is 23.1 Å². The Balaban J connectivity index is 2.12. The SMILES string of the molecule is CC1CN(C)CCCN1C(=O)c1ccc(Cl)o1. The maximum atomic E-state index is 12.2. The predicted octanol–water partition coefficient (Wildman–Crippen LogP) is 2.10. The van der Waals surface area contributed by atoms with Crippen LogP contribution in [-0.4, -0.2) is 48.4 Å². The third kappa shape index (κ3) is 2.82. The van der Waals surface area contributed by atoms with Crippen LogP contribution in [0.5, 0.6) is 0 Å². The second-order valence-corrected chi connectivity index (χ2v) is 4.94. The molecule has 1 fully saturated rings. The third-order valence-electron chi connectivity index (χ3n) is 3.09. The van der Waals surface area contributed by atoms with E-state index in [4.69, 9.17) is 16.0 Å². The van der Waals surface area contributed by atoms with Crippen molar-refractivity contribution in [1.29, 1.82) is 0 Å². The van der Waals surface area contributed by atoms with E-state index in [-0.39, 0.29) is 17.2 Å². The maximum absolute atomic E-state index is 12.2. The van der Waals surface area contributed by atoms with Crippen molar-refractivity contribution in [1.82, 2.24) is 9.80 Å². The summed E-state index contributed by atoms with van der Waals surface area (Å²) in [4.78, 5) is 16.3. The molecule has 1 aliphatic rings. The summed E-state index contributed by atoms with van der Waals surface area (Å²) in [5.41, 5.74) is 0. The van der Waals surface area contributed by atoms with Crippen molar-refractivity contribution in [3.63, 3.8) is 0 Å². The molecule has 1 aliphatic heterocycles. The molecule has 17 heavy (non-hydrogen) atoms. The van der Waals surface area contributed by atoms with Crippen molar-refractivity contribution in [2.24, 2.45) is 0 Å². The second kappa shape index (κ2) is 5.10. The number of likely N-dealkylation sites (N-methyl/N-ethyl adjacent to an activating group) is 1. The van der Waals surface area contributed by atoms with E-state index in [1.54, 1.807) is 12.1 Å². The van der Waals surface area contributed by atoms with Gasteiger partial charge in [0, 0.05) is 19.1 Å². The third-order valence-corrected chi connectivity index (χ3v) is 3.29. The van der Waals surface area contributed by atoms with Crippen LogP contribution in [0.4, 0.5) is 0 Å². The Bertz CT molecular complexity index is 405. The van der Waals surface area contributed by atoms with E-state index in [2.05, 4.69) is 18.9 Å². The van der Waals surface area contributed by atoms with Crippen molar-refractivity contribution in [2.45, 2.75) is 19.4 Å². The average Bonchev–Trinajstić information content (AvgIpc) is 2.62. The Morgan fingerprint density at radius 1 is 1.47 bits per heavy atom. The van der Waals surface area contributed by atoms with Crippen LogP contribution in [0.2, 0.25) is 5.22 Å². The van der Waals surface area contributed by atoms with Gasteiger partial charge in [-0.2, -0.15) is 0 Å². The predicted molar refractivity (Wildman–Crippen MR) is 66.3 cm³/mol. The number of amides is 1. The Morgan fingerprint density at radius 3 is 2.88 bits per heavy atom. The standard InChI is InChI=1S/C12H17ClN2O2/c1-9-8-14(2)6-3-7-15(9)12(16)10-4-5-11(13)17-10/h4-5,9H,3,6-8H2,1-2H3. The Hall–Kier alpha value is -1.00. The first kappa shape index (κ1) is 12.5. The van der Waals surface area contributed by atoms with Crippen LogP contribution < -0.4 is 0 Å². The number of carbonyl (C=O) groups is 1. The van der Waals surface area contributed by atoms with Crippen molar-refractivity contribution in [2.75, 3.05) is 26.7 Å². The van der Waals surface area contributed by atoms with E-state index in [0.717, 1.165) is 26.1 Å². The van der Waals surface area contributed by atoms with Crippen molar-refractivity contribution < 1.29 is 9.21 Å². The second-order valence-electron chi connectivity index (χ2n) is 4.57. The molecule has 0 aliphatic carbocycles. The largest absolute Gasteiger partial charge is 0.440 e. The smallest absolute Gasteiger partial charge is 0.289 e. The zero-order valence-electron chi connectivity index (χ0n) is 10.1. The van der Waals surface area contributed by atoms with Crippen LogP contribution in [0, 0.1) is 0 Å². The molecule has 5 heteroatoms. The molecule has 2 heterocycles. The fourth-order valence-corrected chi connectivity index (χ4v) is 2.39. The Labute approximate surface area is 106 Å². The highest BCUT2D eigenvalue weighted by Gasteiger charge is 2.26. The van der Waals surface area contributed by atoms with Crippen LogP contribution in [0.25, 0.3) is 0 Å². The van der Waals surface area contributed by atoms with E-state index in [1.165, 1.54) is 0 Å². The number of furan rings is 1. The molecule has 1 amide bonds. The summed E-state index contributed by atoms with van der Waals surface area (Å²) < 4.78 is 5.18. The molecule has 1 aromatic heterocycles. The zero-order valence-corrected chi connectivity index (χ0v) is 10.9. The fraction of sp³-hybridized carbons (Fsp3) is 0.583. The minimum absolute atomic E-state index is 0.0697. The van der Waals surface area contributed by atoms with Gasteiger partial charge in [0.15, 0.2) is 11.0 Å². The molecule has 94 valence electrons. The van der Waals surface area contributed by atoms with Gasteiger partial charge in [-0.1, -0.05) is 0 Å². The van der Waals surface area contributed by atoms with E-state index < -0.39 is 0 Å². The molecule has 0 spiro atoms. The van der Waals surface area contributed by atoms with Gasteiger partial charge in [0.1, 0.15) is 0 Å². The summed E-state index contributed by atoms with van der Waals surface area (Å²) in [5, 5.41) is 0.257. The van der Waals surface area contributed by atoms with E-state index in [9.17, 15) is 4.79 Å². The highest BCUT2D eigenvalue weighted by molar-refractivity contribution is 6.29. The van der Waals surface area contributed by atoms with Gasteiger partial charge < -0.3 is 14.2 Å². The number of rotatable bonds is 1. The number of carbonyl (C=O) groups excluding carboxylic acids is 1. The quantitative estimate of drug-likeness (QED) is 0.772. The molecule has 1 unspecified atom stereocenters. The fourth-order valence-electron chi connectivity index (χ4n) is 2.24. The molecule has 0 saturated carbocycles. The molecular formula is C12H17ClN2O2. The molecule has 2 rings (SSSR count). The first-order valence-electron chi connectivity index (χ1n) is 5.83. The highest BCUT2D eigenvalue weighted by Crippen LogP contribution is 2.18. The summed E-state index contributed by atoms with van der Waals surface area (Å²) >= 11 is 5.69. The minimum Gasteiger partial charge on any atom is -0.440 e. The van der Waals surface area contributed by atoms with Crippen LogP contribution in [0.15, 0.2) is 16.5 Å². The summed E-state index contributed by atoms with van der Waals surface area (Å²) in [6, 6.07) is 3.42. The average molecular weight is 257 g/mol. The van der Waals surface area contributed by atoms with Gasteiger partial charge in [0.05, 0.1) is 0 Å². The molecule has 1 saturated heterocycles. The molecule has 4 nitrogen and oxygen atoms in total. The van der Waals surface area contributed by atoms with Gasteiger partial charge in [0.25, 0.3) is 5.91 Å². The minimum atomic E-state index is -0.0697. The van der Waals surface area contributed by atoms with Gasteiger partial charge >= 0.3 is 0 Å². The van der Waals surface area contributed by atoms with Crippen molar-refractivity contribution in [3.8, 4) is 0 Å². The van der Waals surface area contributed by atoms with E-state index in [1.807, 2.05) is 4.90 Å². The number of halogens is 1. The van der Waals surface area contributed by atoms with E-state index in [0.29, 0.717) is 5.76 Å². The monoisotopic (exact) mass is 256 g/mol. The first-order chi connectivity index (χ1) is 8.08. The lowest BCUT2D eigenvalue weighted by molar-refractivity contribution is 0.0664. The normalized spacial score (nSPS) is 22.5. The van der Waals surface area contributed by atoms with Crippen molar-refractivity contribution >= 4 is 17.5 Å². The summed E-state index contributed by atoms with van der Waals surface area (Å²) in [6.07, 6.45) is 0.987. The first-order valence-corrected chi connectivity index (χ1v) is 6.20. The number of nitrogens with zero attached hydrogens (tertiary/aromatic N) is 2. The van der Waals surface area contributed by atoms with Gasteiger partial charge in [-0.3, -0.25) is 4.79 Å². The molecule has 1 aromatic rings. The number of hydrogen-bond donors (Lipinski definition) is 0. The van der Waals surface area contributed by atoms with Gasteiger partial charge in [-0.25, -0.2) is 0 Å². The summed E-state index contributed by atoms with van der Waals surface area (Å²) in [6.45, 7) is 4.74. The van der Waals surface area contributed by atoms with Gasteiger partial charge in [-0.05, 0) is 50.7 Å².